The molecular formula is C9H21N3. The van der Waals surface area contributed by atoms with Gasteiger partial charge in [-0.05, 0) is 45.3 Å². The van der Waals surface area contributed by atoms with E-state index in [1.54, 1.807) is 0 Å². The van der Waals surface area contributed by atoms with Crippen LogP contribution in [0.4, 0.5) is 0 Å². The zero-order valence-electron chi connectivity index (χ0n) is 8.27. The van der Waals surface area contributed by atoms with E-state index in [1.165, 1.54) is 38.9 Å². The number of hydrogen-bond donors (Lipinski definition) is 2. The minimum atomic E-state index is 0.946. The summed E-state index contributed by atoms with van der Waals surface area (Å²) < 4.78 is 0. The second kappa shape index (κ2) is 5.51. The lowest BCUT2D eigenvalue weighted by atomic mass is 9.95. The Hall–Kier alpha value is -0.120. The van der Waals surface area contributed by atoms with Crippen LogP contribution >= 0.6 is 0 Å². The Balaban J connectivity index is 2.05. The lowest BCUT2D eigenvalue weighted by Crippen LogP contribution is -2.34. The first-order valence-electron chi connectivity index (χ1n) is 4.92. The highest BCUT2D eigenvalue weighted by molar-refractivity contribution is 4.68. The molecule has 3 nitrogen and oxygen atoms in total. The Morgan fingerprint density at radius 3 is 2.67 bits per heavy atom. The summed E-state index contributed by atoms with van der Waals surface area (Å²) >= 11 is 0. The predicted molar refractivity (Wildman–Crippen MR) is 51.9 cm³/mol. The molecule has 3 heteroatoms. The fourth-order valence-corrected chi connectivity index (χ4v) is 1.66. The van der Waals surface area contributed by atoms with E-state index in [9.17, 15) is 0 Å². The molecule has 0 radical (unpaired) electrons. The van der Waals surface area contributed by atoms with Gasteiger partial charge in [-0.1, -0.05) is 0 Å². The van der Waals surface area contributed by atoms with Gasteiger partial charge in [0.2, 0.25) is 0 Å². The fourth-order valence-electron chi connectivity index (χ4n) is 1.66. The zero-order chi connectivity index (χ0) is 8.81. The van der Waals surface area contributed by atoms with E-state index in [0.717, 1.165) is 5.92 Å². The normalized spacial score (nSPS) is 20.2. The van der Waals surface area contributed by atoms with Crippen molar-refractivity contribution in [3.05, 3.63) is 0 Å². The Morgan fingerprint density at radius 1 is 1.42 bits per heavy atom. The highest BCUT2D eigenvalue weighted by Gasteiger charge is 2.12. The van der Waals surface area contributed by atoms with Gasteiger partial charge in [-0.15, -0.1) is 0 Å². The topological polar surface area (TPSA) is 27.3 Å². The molecule has 0 unspecified atom stereocenters. The summed E-state index contributed by atoms with van der Waals surface area (Å²) in [6, 6.07) is 0. The maximum Gasteiger partial charge on any atom is 0.0130 e. The molecule has 0 atom stereocenters. The van der Waals surface area contributed by atoms with Crippen molar-refractivity contribution in [2.75, 3.05) is 33.7 Å². The second-order valence-corrected chi connectivity index (χ2v) is 3.63. The largest absolute Gasteiger partial charge is 0.317 e. The standard InChI is InChI=1S/C9H21N3/c1-10-12(2)8-5-9-3-6-11-7-4-9/h9-11H,3-8H2,1-2H3. The van der Waals surface area contributed by atoms with Crippen LogP contribution in [0, 0.1) is 5.92 Å². The van der Waals surface area contributed by atoms with Crippen LogP contribution in [0.25, 0.3) is 0 Å². The van der Waals surface area contributed by atoms with Crippen LogP contribution in [-0.2, 0) is 0 Å². The molecule has 1 saturated heterocycles. The number of hydrogen-bond acceptors (Lipinski definition) is 3. The molecule has 0 spiro atoms. The maximum absolute atomic E-state index is 3.39. The smallest absolute Gasteiger partial charge is 0.0130 e. The van der Waals surface area contributed by atoms with Crippen molar-refractivity contribution in [2.24, 2.45) is 5.92 Å². The summed E-state index contributed by atoms with van der Waals surface area (Å²) in [7, 11) is 4.07. The number of nitrogens with zero attached hydrogens (tertiary/aromatic N) is 1. The number of hydrazine groups is 1. The Morgan fingerprint density at radius 2 is 2.08 bits per heavy atom. The van der Waals surface area contributed by atoms with Crippen LogP contribution in [0.3, 0.4) is 0 Å². The van der Waals surface area contributed by atoms with E-state index in [2.05, 4.69) is 22.8 Å². The quantitative estimate of drug-likeness (QED) is 0.601. The van der Waals surface area contributed by atoms with Crippen LogP contribution in [0.5, 0.6) is 0 Å². The SMILES string of the molecule is CNN(C)CCC1CCNCC1. The van der Waals surface area contributed by atoms with Crippen molar-refractivity contribution in [1.82, 2.24) is 15.8 Å². The third kappa shape index (κ3) is 3.52. The van der Waals surface area contributed by atoms with Crippen LogP contribution in [0.2, 0.25) is 0 Å². The summed E-state index contributed by atoms with van der Waals surface area (Å²) in [6.45, 7) is 3.60. The van der Waals surface area contributed by atoms with Crippen LogP contribution < -0.4 is 10.7 Å². The fraction of sp³-hybridized carbons (Fsp3) is 1.00. The first-order valence-corrected chi connectivity index (χ1v) is 4.92. The Bertz CT molecular complexity index is 110. The van der Waals surface area contributed by atoms with Crippen molar-refractivity contribution in [3.8, 4) is 0 Å². The summed E-state index contributed by atoms with van der Waals surface area (Å²) in [4.78, 5) is 0. The van der Waals surface area contributed by atoms with Crippen molar-refractivity contribution < 1.29 is 0 Å². The van der Waals surface area contributed by atoms with E-state index in [-0.39, 0.29) is 0 Å². The molecule has 0 amide bonds. The summed E-state index contributed by atoms with van der Waals surface area (Å²) in [5.41, 5.74) is 3.12. The first-order chi connectivity index (χ1) is 5.83. The van der Waals surface area contributed by atoms with Gasteiger partial charge in [0.25, 0.3) is 0 Å². The first kappa shape index (κ1) is 9.96. The third-order valence-electron chi connectivity index (χ3n) is 2.71. The van der Waals surface area contributed by atoms with Gasteiger partial charge < -0.3 is 5.32 Å². The van der Waals surface area contributed by atoms with Crippen molar-refractivity contribution in [3.63, 3.8) is 0 Å². The molecule has 72 valence electrons. The summed E-state index contributed by atoms with van der Waals surface area (Å²) in [5.74, 6) is 0.946. The van der Waals surface area contributed by atoms with E-state index >= 15 is 0 Å². The van der Waals surface area contributed by atoms with E-state index in [4.69, 9.17) is 0 Å². The molecule has 12 heavy (non-hydrogen) atoms. The minimum absolute atomic E-state index is 0.946. The molecule has 0 aromatic heterocycles. The van der Waals surface area contributed by atoms with E-state index in [0.29, 0.717) is 0 Å². The predicted octanol–water partition coefficient (Wildman–Crippen LogP) is 0.442. The molecule has 0 saturated carbocycles. The molecule has 0 aliphatic carbocycles. The number of nitrogens with one attached hydrogen (secondary N) is 2. The van der Waals surface area contributed by atoms with Gasteiger partial charge in [-0.25, -0.2) is 5.01 Å². The molecular weight excluding hydrogens is 150 g/mol. The molecule has 2 N–H and O–H groups in total. The van der Waals surface area contributed by atoms with Gasteiger partial charge in [0.1, 0.15) is 0 Å². The summed E-state index contributed by atoms with van der Waals surface area (Å²) in [5, 5.41) is 5.54. The van der Waals surface area contributed by atoms with Gasteiger partial charge >= 0.3 is 0 Å². The Kier molecular flexibility index (Phi) is 4.58. The van der Waals surface area contributed by atoms with Crippen molar-refractivity contribution >= 4 is 0 Å². The van der Waals surface area contributed by atoms with Crippen LogP contribution in [0.1, 0.15) is 19.3 Å². The van der Waals surface area contributed by atoms with Crippen molar-refractivity contribution in [1.29, 1.82) is 0 Å². The molecule has 1 aliphatic heterocycles. The molecule has 0 bridgehead atoms. The van der Waals surface area contributed by atoms with Crippen LogP contribution in [-0.4, -0.2) is 38.7 Å². The second-order valence-electron chi connectivity index (χ2n) is 3.63. The lowest BCUT2D eigenvalue weighted by Gasteiger charge is -2.24. The lowest BCUT2D eigenvalue weighted by molar-refractivity contribution is 0.224. The van der Waals surface area contributed by atoms with Crippen molar-refractivity contribution in [2.45, 2.75) is 19.3 Å². The molecule has 1 rings (SSSR count). The Labute approximate surface area is 75.5 Å². The van der Waals surface area contributed by atoms with Gasteiger partial charge in [0.15, 0.2) is 0 Å². The van der Waals surface area contributed by atoms with Gasteiger partial charge in [-0.2, -0.15) is 0 Å². The molecule has 1 heterocycles. The van der Waals surface area contributed by atoms with Crippen LogP contribution in [0.15, 0.2) is 0 Å². The van der Waals surface area contributed by atoms with E-state index < -0.39 is 0 Å². The average molecular weight is 171 g/mol. The molecule has 1 fully saturated rings. The molecule has 0 aromatic carbocycles. The monoisotopic (exact) mass is 171 g/mol. The zero-order valence-corrected chi connectivity index (χ0v) is 8.27. The molecule has 0 aromatic rings. The maximum atomic E-state index is 3.39. The third-order valence-corrected chi connectivity index (χ3v) is 2.71. The highest BCUT2D eigenvalue weighted by Crippen LogP contribution is 2.15. The minimum Gasteiger partial charge on any atom is -0.317 e. The summed E-state index contributed by atoms with van der Waals surface area (Å²) in [6.07, 6.45) is 4.05. The average Bonchev–Trinajstić information content (AvgIpc) is 2.16. The number of piperidine rings is 1. The van der Waals surface area contributed by atoms with Gasteiger partial charge in [0.05, 0.1) is 0 Å². The van der Waals surface area contributed by atoms with E-state index in [1.807, 2.05) is 7.05 Å². The highest BCUT2D eigenvalue weighted by atomic mass is 15.5. The number of rotatable bonds is 4. The van der Waals surface area contributed by atoms with Gasteiger partial charge in [-0.3, -0.25) is 5.43 Å². The van der Waals surface area contributed by atoms with Gasteiger partial charge in [0, 0.05) is 13.6 Å². The molecule has 1 aliphatic rings.